The fraction of sp³-hybridized carbons (Fsp3) is 0.560. The van der Waals surface area contributed by atoms with Crippen LogP contribution in [-0.4, -0.2) is 66.4 Å². The summed E-state index contributed by atoms with van der Waals surface area (Å²) in [6, 6.07) is 10.6. The number of aliphatic hydroxyl groups excluding tert-OH is 1. The zero-order valence-corrected chi connectivity index (χ0v) is 19.2. The van der Waals surface area contributed by atoms with E-state index in [4.69, 9.17) is 9.47 Å². The molecule has 0 radical (unpaired) electrons. The quantitative estimate of drug-likeness (QED) is 0.590. The van der Waals surface area contributed by atoms with Gasteiger partial charge in [-0.1, -0.05) is 31.4 Å². The topological polar surface area (TPSA) is 58.1 Å². The lowest BCUT2D eigenvalue weighted by Crippen LogP contribution is -2.40. The Labute approximate surface area is 186 Å². The minimum atomic E-state index is -0.526. The van der Waals surface area contributed by atoms with E-state index in [0.29, 0.717) is 24.1 Å². The van der Waals surface area contributed by atoms with Gasteiger partial charge in [0.15, 0.2) is 11.5 Å². The smallest absolute Gasteiger partial charge is 0.161 e. The van der Waals surface area contributed by atoms with Gasteiger partial charge in [-0.25, -0.2) is 0 Å². The van der Waals surface area contributed by atoms with Gasteiger partial charge in [-0.15, -0.1) is 0 Å². The van der Waals surface area contributed by atoms with E-state index in [-0.39, 0.29) is 6.61 Å². The lowest BCUT2D eigenvalue weighted by Gasteiger charge is -2.32. The highest BCUT2D eigenvalue weighted by atomic mass is 16.5. The van der Waals surface area contributed by atoms with Crippen LogP contribution in [-0.2, 0) is 13.1 Å². The van der Waals surface area contributed by atoms with Crippen LogP contribution in [0.3, 0.4) is 0 Å². The van der Waals surface area contributed by atoms with E-state index in [2.05, 4.69) is 41.0 Å². The van der Waals surface area contributed by atoms with Crippen molar-refractivity contribution in [3.63, 3.8) is 0 Å². The zero-order valence-electron chi connectivity index (χ0n) is 19.2. The largest absolute Gasteiger partial charge is 0.493 e. The van der Waals surface area contributed by atoms with Crippen molar-refractivity contribution in [2.24, 2.45) is 0 Å². The maximum absolute atomic E-state index is 10.5. The van der Waals surface area contributed by atoms with Gasteiger partial charge in [-0.3, -0.25) is 9.88 Å². The molecule has 6 heteroatoms. The van der Waals surface area contributed by atoms with Crippen LogP contribution >= 0.6 is 0 Å². The monoisotopic (exact) mass is 427 g/mol. The molecule has 1 aliphatic carbocycles. The van der Waals surface area contributed by atoms with E-state index in [9.17, 15) is 5.11 Å². The number of ether oxygens (including phenoxy) is 2. The SMILES string of the molecule is COc1cc(CN(C)Cc2cccnc2)ccc1OCC(O)CN(C)C1CCCCC1. The Morgan fingerprint density at radius 3 is 2.55 bits per heavy atom. The standard InChI is InChI=1S/C25H37N3O3/c1-27(17-21-8-7-13-26-15-21)16-20-11-12-24(25(14-20)30-3)31-19-23(29)18-28(2)22-9-5-4-6-10-22/h7-8,11-15,22-23,29H,4-6,9-10,16-19H2,1-3H3. The molecule has 1 aliphatic rings. The Bertz CT molecular complexity index is 781. The van der Waals surface area contributed by atoms with E-state index in [1.165, 1.54) is 37.7 Å². The Hall–Kier alpha value is -2.15. The molecule has 1 heterocycles. The molecule has 1 atom stereocenters. The van der Waals surface area contributed by atoms with Gasteiger partial charge in [0, 0.05) is 38.1 Å². The van der Waals surface area contributed by atoms with Crippen molar-refractivity contribution in [3.8, 4) is 11.5 Å². The van der Waals surface area contributed by atoms with Crippen LogP contribution in [0, 0.1) is 0 Å². The molecule has 1 fully saturated rings. The van der Waals surface area contributed by atoms with Crippen LogP contribution in [0.5, 0.6) is 11.5 Å². The summed E-state index contributed by atoms with van der Waals surface area (Å²) in [5.41, 5.74) is 2.33. The van der Waals surface area contributed by atoms with Gasteiger partial charge in [-0.05, 0) is 56.3 Å². The van der Waals surface area contributed by atoms with Crippen LogP contribution in [0.25, 0.3) is 0 Å². The molecule has 170 valence electrons. The van der Waals surface area contributed by atoms with Crippen molar-refractivity contribution in [1.82, 2.24) is 14.8 Å². The first-order valence-electron chi connectivity index (χ1n) is 11.3. The lowest BCUT2D eigenvalue weighted by atomic mass is 9.94. The molecule has 2 aromatic rings. The summed E-state index contributed by atoms with van der Waals surface area (Å²) in [6.07, 6.45) is 9.55. The molecule has 6 nitrogen and oxygen atoms in total. The summed E-state index contributed by atoms with van der Waals surface area (Å²) in [5.74, 6) is 1.36. The minimum Gasteiger partial charge on any atom is -0.493 e. The van der Waals surface area contributed by atoms with E-state index in [1.54, 1.807) is 13.3 Å². The van der Waals surface area contributed by atoms with Crippen molar-refractivity contribution in [2.45, 2.75) is 57.3 Å². The van der Waals surface area contributed by atoms with Gasteiger partial charge in [-0.2, -0.15) is 0 Å². The predicted octanol–water partition coefficient (Wildman–Crippen LogP) is 3.73. The molecule has 1 N–H and O–H groups in total. The second-order valence-corrected chi connectivity index (χ2v) is 8.72. The molecule has 1 saturated carbocycles. The number of methoxy groups -OCH3 is 1. The molecule has 0 spiro atoms. The number of aromatic nitrogens is 1. The van der Waals surface area contributed by atoms with Crippen molar-refractivity contribution in [1.29, 1.82) is 0 Å². The Kier molecular flexibility index (Phi) is 9.13. The van der Waals surface area contributed by atoms with Gasteiger partial charge < -0.3 is 19.5 Å². The second kappa shape index (κ2) is 12.0. The van der Waals surface area contributed by atoms with Gasteiger partial charge in [0.2, 0.25) is 0 Å². The summed E-state index contributed by atoms with van der Waals surface area (Å²) in [7, 11) is 5.85. The number of likely N-dealkylation sites (N-methyl/N-ethyl adjacent to an activating group) is 1. The Morgan fingerprint density at radius 1 is 1.06 bits per heavy atom. The number of rotatable bonds is 11. The lowest BCUT2D eigenvalue weighted by molar-refractivity contribution is 0.0553. The molecule has 1 aromatic carbocycles. The number of aliphatic hydroxyl groups is 1. The summed E-state index contributed by atoms with van der Waals surface area (Å²) >= 11 is 0. The molecule has 31 heavy (non-hydrogen) atoms. The van der Waals surface area contributed by atoms with Crippen LogP contribution in [0.2, 0.25) is 0 Å². The fourth-order valence-electron chi connectivity index (χ4n) is 4.34. The van der Waals surface area contributed by atoms with E-state index in [1.807, 2.05) is 24.4 Å². The average molecular weight is 428 g/mol. The highest BCUT2D eigenvalue weighted by Crippen LogP contribution is 2.29. The number of pyridine rings is 1. The molecular weight excluding hydrogens is 390 g/mol. The predicted molar refractivity (Wildman–Crippen MR) is 123 cm³/mol. The van der Waals surface area contributed by atoms with Crippen LogP contribution in [0.4, 0.5) is 0 Å². The third-order valence-electron chi connectivity index (χ3n) is 5.98. The van der Waals surface area contributed by atoms with Crippen LogP contribution in [0.1, 0.15) is 43.2 Å². The third kappa shape index (κ3) is 7.49. The van der Waals surface area contributed by atoms with Gasteiger partial charge >= 0.3 is 0 Å². The Balaban J connectivity index is 1.49. The highest BCUT2D eigenvalue weighted by Gasteiger charge is 2.20. The second-order valence-electron chi connectivity index (χ2n) is 8.72. The molecule has 0 bridgehead atoms. The first-order valence-corrected chi connectivity index (χ1v) is 11.3. The molecule has 0 amide bonds. The number of benzene rings is 1. The van der Waals surface area contributed by atoms with Crippen molar-refractivity contribution >= 4 is 0 Å². The first-order chi connectivity index (χ1) is 15.0. The van der Waals surface area contributed by atoms with Crippen molar-refractivity contribution < 1.29 is 14.6 Å². The minimum absolute atomic E-state index is 0.258. The van der Waals surface area contributed by atoms with Crippen LogP contribution < -0.4 is 9.47 Å². The maximum atomic E-state index is 10.5. The molecule has 3 rings (SSSR count). The van der Waals surface area contributed by atoms with E-state index >= 15 is 0 Å². The number of hydrogen-bond acceptors (Lipinski definition) is 6. The number of hydrogen-bond donors (Lipinski definition) is 1. The highest BCUT2D eigenvalue weighted by molar-refractivity contribution is 5.43. The summed E-state index contributed by atoms with van der Waals surface area (Å²) in [5, 5.41) is 10.5. The number of nitrogens with zero attached hydrogens (tertiary/aromatic N) is 3. The van der Waals surface area contributed by atoms with Crippen molar-refractivity contribution in [2.75, 3.05) is 34.4 Å². The van der Waals surface area contributed by atoms with Crippen LogP contribution in [0.15, 0.2) is 42.7 Å². The Morgan fingerprint density at radius 2 is 1.84 bits per heavy atom. The molecule has 1 aromatic heterocycles. The molecule has 0 aliphatic heterocycles. The normalized spacial score (nSPS) is 15.9. The molecular formula is C25H37N3O3. The van der Waals surface area contributed by atoms with Gasteiger partial charge in [0.05, 0.1) is 7.11 Å². The van der Waals surface area contributed by atoms with Crippen molar-refractivity contribution in [3.05, 3.63) is 53.9 Å². The van der Waals surface area contributed by atoms with Gasteiger partial charge in [0.1, 0.15) is 12.7 Å². The summed E-state index contributed by atoms with van der Waals surface area (Å²) < 4.78 is 11.5. The molecule has 0 saturated heterocycles. The zero-order chi connectivity index (χ0) is 22.1. The summed E-state index contributed by atoms with van der Waals surface area (Å²) in [6.45, 7) is 2.51. The average Bonchev–Trinajstić information content (AvgIpc) is 2.79. The maximum Gasteiger partial charge on any atom is 0.161 e. The third-order valence-corrected chi connectivity index (χ3v) is 5.98. The van der Waals surface area contributed by atoms with E-state index in [0.717, 1.165) is 18.7 Å². The molecule has 1 unspecified atom stereocenters. The van der Waals surface area contributed by atoms with Gasteiger partial charge in [0.25, 0.3) is 0 Å². The summed E-state index contributed by atoms with van der Waals surface area (Å²) in [4.78, 5) is 8.69. The first kappa shape index (κ1) is 23.5. The fourth-order valence-corrected chi connectivity index (χ4v) is 4.34. The van der Waals surface area contributed by atoms with E-state index < -0.39 is 6.10 Å².